The molecule has 18 heavy (non-hydrogen) atoms. The molecule has 0 atom stereocenters. The zero-order valence-electron chi connectivity index (χ0n) is 9.84. The number of aryl methyl sites for hydroxylation is 1. The number of rotatable bonds is 3. The zero-order valence-corrected chi connectivity index (χ0v) is 12.2. The van der Waals surface area contributed by atoms with Crippen molar-refractivity contribution in [2.24, 2.45) is 0 Å². The molecule has 0 aliphatic carbocycles. The summed E-state index contributed by atoms with van der Waals surface area (Å²) in [6.45, 7) is 1.97. The van der Waals surface area contributed by atoms with Gasteiger partial charge in [-0.15, -0.1) is 0 Å². The lowest BCUT2D eigenvalue weighted by Gasteiger charge is -2.05. The van der Waals surface area contributed by atoms with Crippen LogP contribution in [0.3, 0.4) is 0 Å². The van der Waals surface area contributed by atoms with Crippen LogP contribution in [-0.4, -0.2) is 9.97 Å². The number of hydrogen-bond acceptors (Lipinski definition) is 2. The van der Waals surface area contributed by atoms with Gasteiger partial charge in [-0.25, -0.2) is 4.98 Å². The van der Waals surface area contributed by atoms with Gasteiger partial charge in [0.2, 0.25) is 0 Å². The van der Waals surface area contributed by atoms with Crippen molar-refractivity contribution in [3.63, 3.8) is 0 Å². The van der Waals surface area contributed by atoms with Gasteiger partial charge in [-0.1, -0.05) is 30.7 Å². The third kappa shape index (κ3) is 3.00. The standard InChI is InChI=1S/C13H12BrClN2O/c1-2-10-12(14)13(18)17-11(16-10)7-8-4-3-5-9(15)6-8/h3-6H,2,7H2,1H3,(H,16,17,18). The van der Waals surface area contributed by atoms with Gasteiger partial charge in [0.1, 0.15) is 10.3 Å². The van der Waals surface area contributed by atoms with E-state index in [0.717, 1.165) is 11.3 Å². The number of nitrogens with zero attached hydrogens (tertiary/aromatic N) is 1. The Morgan fingerprint density at radius 3 is 2.89 bits per heavy atom. The van der Waals surface area contributed by atoms with Crippen molar-refractivity contribution in [3.8, 4) is 0 Å². The topological polar surface area (TPSA) is 45.8 Å². The number of aromatic nitrogens is 2. The molecule has 0 aliphatic heterocycles. The second kappa shape index (κ2) is 5.67. The first kappa shape index (κ1) is 13.3. The Hall–Kier alpha value is -1.13. The third-order valence-electron chi connectivity index (χ3n) is 2.58. The Bertz CT molecular complexity index is 625. The van der Waals surface area contributed by atoms with Crippen LogP contribution in [0.1, 0.15) is 24.0 Å². The number of H-pyrrole nitrogens is 1. The molecule has 0 aliphatic rings. The molecular weight excluding hydrogens is 316 g/mol. The van der Waals surface area contributed by atoms with Crippen LogP contribution in [0.15, 0.2) is 33.5 Å². The predicted molar refractivity (Wildman–Crippen MR) is 76.2 cm³/mol. The normalized spacial score (nSPS) is 10.6. The van der Waals surface area contributed by atoms with Gasteiger partial charge in [0.15, 0.2) is 0 Å². The fourth-order valence-electron chi connectivity index (χ4n) is 1.72. The van der Waals surface area contributed by atoms with Crippen molar-refractivity contribution in [1.29, 1.82) is 0 Å². The van der Waals surface area contributed by atoms with Crippen molar-refractivity contribution >= 4 is 27.5 Å². The van der Waals surface area contributed by atoms with Crippen LogP contribution in [0, 0.1) is 0 Å². The molecule has 3 nitrogen and oxygen atoms in total. The first-order valence-electron chi connectivity index (χ1n) is 5.62. The molecule has 0 fully saturated rings. The summed E-state index contributed by atoms with van der Waals surface area (Å²) in [6.07, 6.45) is 1.28. The van der Waals surface area contributed by atoms with Crippen molar-refractivity contribution in [2.75, 3.05) is 0 Å². The van der Waals surface area contributed by atoms with Crippen LogP contribution < -0.4 is 5.56 Å². The Labute approximate surface area is 118 Å². The van der Waals surface area contributed by atoms with Crippen molar-refractivity contribution < 1.29 is 0 Å². The van der Waals surface area contributed by atoms with Crippen molar-refractivity contribution in [1.82, 2.24) is 9.97 Å². The fourth-order valence-corrected chi connectivity index (χ4v) is 2.40. The summed E-state index contributed by atoms with van der Waals surface area (Å²) in [5.74, 6) is 0.655. The largest absolute Gasteiger partial charge is 0.309 e. The van der Waals surface area contributed by atoms with Gasteiger partial charge < -0.3 is 4.98 Å². The first-order valence-corrected chi connectivity index (χ1v) is 6.79. The summed E-state index contributed by atoms with van der Waals surface area (Å²) < 4.78 is 0.514. The van der Waals surface area contributed by atoms with Gasteiger partial charge in [-0.2, -0.15) is 0 Å². The van der Waals surface area contributed by atoms with Gasteiger partial charge in [0.25, 0.3) is 5.56 Å². The second-order valence-electron chi connectivity index (χ2n) is 3.93. The average Bonchev–Trinajstić information content (AvgIpc) is 2.33. The highest BCUT2D eigenvalue weighted by molar-refractivity contribution is 9.10. The van der Waals surface area contributed by atoms with Gasteiger partial charge in [0.05, 0.1) is 5.69 Å². The molecule has 94 valence electrons. The summed E-state index contributed by atoms with van der Waals surface area (Å²) >= 11 is 9.17. The number of benzene rings is 1. The molecule has 0 amide bonds. The van der Waals surface area contributed by atoms with E-state index in [1.807, 2.05) is 31.2 Å². The van der Waals surface area contributed by atoms with Crippen LogP contribution in [0.25, 0.3) is 0 Å². The minimum absolute atomic E-state index is 0.140. The highest BCUT2D eigenvalue weighted by Gasteiger charge is 2.07. The maximum atomic E-state index is 11.7. The molecule has 2 aromatic rings. The highest BCUT2D eigenvalue weighted by Crippen LogP contribution is 2.14. The third-order valence-corrected chi connectivity index (χ3v) is 3.63. The molecule has 1 N–H and O–H groups in total. The maximum Gasteiger partial charge on any atom is 0.265 e. The van der Waals surface area contributed by atoms with Gasteiger partial charge in [-0.3, -0.25) is 4.79 Å². The van der Waals surface area contributed by atoms with E-state index in [-0.39, 0.29) is 5.56 Å². The van der Waals surface area contributed by atoms with Crippen LogP contribution in [0.2, 0.25) is 5.02 Å². The summed E-state index contributed by atoms with van der Waals surface area (Å²) in [6, 6.07) is 7.53. The molecule has 1 aromatic heterocycles. The van der Waals surface area contributed by atoms with Gasteiger partial charge in [0, 0.05) is 11.4 Å². The van der Waals surface area contributed by atoms with E-state index in [9.17, 15) is 4.79 Å². The lowest BCUT2D eigenvalue weighted by Crippen LogP contribution is -2.15. The molecule has 0 bridgehead atoms. The quantitative estimate of drug-likeness (QED) is 0.940. The monoisotopic (exact) mass is 326 g/mol. The van der Waals surface area contributed by atoms with E-state index in [4.69, 9.17) is 11.6 Å². The average molecular weight is 328 g/mol. The molecule has 1 heterocycles. The maximum absolute atomic E-state index is 11.7. The van der Waals surface area contributed by atoms with Gasteiger partial charge >= 0.3 is 0 Å². The Kier molecular flexibility index (Phi) is 4.19. The number of hydrogen-bond donors (Lipinski definition) is 1. The SMILES string of the molecule is CCc1nc(Cc2cccc(Cl)c2)[nH]c(=O)c1Br. The summed E-state index contributed by atoms with van der Waals surface area (Å²) in [4.78, 5) is 18.9. The fraction of sp³-hybridized carbons (Fsp3) is 0.231. The predicted octanol–water partition coefficient (Wildman–Crippen LogP) is 3.34. The smallest absolute Gasteiger partial charge is 0.265 e. The summed E-state index contributed by atoms with van der Waals surface area (Å²) in [5, 5.41) is 0.683. The lowest BCUT2D eigenvalue weighted by atomic mass is 10.1. The van der Waals surface area contributed by atoms with E-state index in [1.165, 1.54) is 0 Å². The number of nitrogens with one attached hydrogen (secondary N) is 1. The molecule has 0 saturated heterocycles. The molecule has 2 rings (SSSR count). The van der Waals surface area contributed by atoms with Crippen LogP contribution >= 0.6 is 27.5 Å². The summed E-state index contributed by atoms with van der Waals surface area (Å²) in [7, 11) is 0. The lowest BCUT2D eigenvalue weighted by molar-refractivity contribution is 0.877. The molecule has 0 saturated carbocycles. The first-order chi connectivity index (χ1) is 8.60. The number of aromatic amines is 1. The van der Waals surface area contributed by atoms with E-state index < -0.39 is 0 Å². The Balaban J connectivity index is 2.35. The van der Waals surface area contributed by atoms with Crippen LogP contribution in [0.4, 0.5) is 0 Å². The minimum Gasteiger partial charge on any atom is -0.309 e. The van der Waals surface area contributed by atoms with Gasteiger partial charge in [-0.05, 0) is 40.0 Å². The molecule has 0 radical (unpaired) electrons. The van der Waals surface area contributed by atoms with E-state index in [2.05, 4.69) is 25.9 Å². The second-order valence-corrected chi connectivity index (χ2v) is 5.16. The Morgan fingerprint density at radius 2 is 2.22 bits per heavy atom. The van der Waals surface area contributed by atoms with Crippen molar-refractivity contribution in [3.05, 3.63) is 61.2 Å². The number of halogens is 2. The molecule has 5 heteroatoms. The Morgan fingerprint density at radius 1 is 1.44 bits per heavy atom. The van der Waals surface area contributed by atoms with E-state index >= 15 is 0 Å². The molecule has 0 spiro atoms. The minimum atomic E-state index is -0.140. The molecular formula is C13H12BrClN2O. The summed E-state index contributed by atoms with van der Waals surface area (Å²) in [5.41, 5.74) is 1.66. The molecule has 0 unspecified atom stereocenters. The van der Waals surface area contributed by atoms with Crippen LogP contribution in [-0.2, 0) is 12.8 Å². The van der Waals surface area contributed by atoms with E-state index in [0.29, 0.717) is 28.2 Å². The van der Waals surface area contributed by atoms with Crippen LogP contribution in [0.5, 0.6) is 0 Å². The zero-order chi connectivity index (χ0) is 13.1. The highest BCUT2D eigenvalue weighted by atomic mass is 79.9. The van der Waals surface area contributed by atoms with Crippen molar-refractivity contribution in [2.45, 2.75) is 19.8 Å². The molecule has 1 aromatic carbocycles. The van der Waals surface area contributed by atoms with E-state index in [1.54, 1.807) is 0 Å².